The fourth-order valence-electron chi connectivity index (χ4n) is 1.61. The zero-order valence-corrected chi connectivity index (χ0v) is 12.8. The van der Waals surface area contributed by atoms with Crippen LogP contribution in [0, 0.1) is 0 Å². The number of rotatable bonds is 5. The van der Waals surface area contributed by atoms with Gasteiger partial charge in [0.2, 0.25) is 5.91 Å². The lowest BCUT2D eigenvalue weighted by molar-refractivity contribution is -0.125. The lowest BCUT2D eigenvalue weighted by Gasteiger charge is -2.28. The van der Waals surface area contributed by atoms with E-state index in [9.17, 15) is 4.79 Å². The summed E-state index contributed by atoms with van der Waals surface area (Å²) in [5, 5.41) is 3.52. The molecule has 4 nitrogen and oxygen atoms in total. The Morgan fingerprint density at radius 3 is 2.68 bits per heavy atom. The van der Waals surface area contributed by atoms with Crippen molar-refractivity contribution in [3.8, 4) is 0 Å². The summed E-state index contributed by atoms with van der Waals surface area (Å²) in [4.78, 5) is 11.9. The zero-order valence-electron chi connectivity index (χ0n) is 11.3. The standard InChI is InChI=1S/C13H19ClN2O2.ClH/c1-13(2,9-5-4-6-10(14)7-9)16-12(17)11(15)8-18-3;/h4-7,11H,8,15H2,1-3H3,(H,16,17);1H. The number of methoxy groups -OCH3 is 1. The van der Waals surface area contributed by atoms with Gasteiger partial charge in [-0.3, -0.25) is 4.79 Å². The summed E-state index contributed by atoms with van der Waals surface area (Å²) in [5.74, 6) is -0.248. The Bertz CT molecular complexity index is 425. The van der Waals surface area contributed by atoms with E-state index >= 15 is 0 Å². The van der Waals surface area contributed by atoms with Crippen LogP contribution in [0.5, 0.6) is 0 Å². The van der Waals surface area contributed by atoms with Gasteiger partial charge >= 0.3 is 0 Å². The van der Waals surface area contributed by atoms with Gasteiger partial charge < -0.3 is 15.8 Å². The van der Waals surface area contributed by atoms with E-state index in [1.807, 2.05) is 32.0 Å². The molecule has 0 heterocycles. The number of ether oxygens (including phenoxy) is 1. The quantitative estimate of drug-likeness (QED) is 0.875. The number of carbonyl (C=O) groups excluding carboxylic acids is 1. The molecule has 1 unspecified atom stereocenters. The summed E-state index contributed by atoms with van der Waals surface area (Å²) >= 11 is 5.94. The van der Waals surface area contributed by atoms with Gasteiger partial charge in [0, 0.05) is 12.1 Å². The average molecular weight is 307 g/mol. The van der Waals surface area contributed by atoms with Crippen LogP contribution in [0.2, 0.25) is 5.02 Å². The Labute approximate surface area is 125 Å². The van der Waals surface area contributed by atoms with Crippen molar-refractivity contribution in [3.63, 3.8) is 0 Å². The largest absolute Gasteiger partial charge is 0.383 e. The van der Waals surface area contributed by atoms with Crippen molar-refractivity contribution < 1.29 is 9.53 Å². The molecule has 0 saturated carbocycles. The first-order valence-corrected chi connectivity index (χ1v) is 6.07. The lowest BCUT2D eigenvalue weighted by atomic mass is 9.94. The highest BCUT2D eigenvalue weighted by Gasteiger charge is 2.25. The summed E-state index contributed by atoms with van der Waals surface area (Å²) in [6, 6.07) is 6.70. The molecule has 3 N–H and O–H groups in total. The molecule has 0 radical (unpaired) electrons. The molecule has 1 atom stereocenters. The summed E-state index contributed by atoms with van der Waals surface area (Å²) in [7, 11) is 1.51. The highest BCUT2D eigenvalue weighted by Crippen LogP contribution is 2.22. The predicted molar refractivity (Wildman–Crippen MR) is 79.7 cm³/mol. The smallest absolute Gasteiger partial charge is 0.239 e. The van der Waals surface area contributed by atoms with Crippen LogP contribution >= 0.6 is 24.0 Å². The van der Waals surface area contributed by atoms with Gasteiger partial charge in [0.1, 0.15) is 6.04 Å². The van der Waals surface area contributed by atoms with Crippen molar-refractivity contribution in [2.24, 2.45) is 5.73 Å². The van der Waals surface area contributed by atoms with Crippen LogP contribution in [0.15, 0.2) is 24.3 Å². The van der Waals surface area contributed by atoms with E-state index < -0.39 is 11.6 Å². The molecule has 0 spiro atoms. The van der Waals surface area contributed by atoms with Gasteiger partial charge in [-0.05, 0) is 31.5 Å². The van der Waals surface area contributed by atoms with Gasteiger partial charge in [-0.25, -0.2) is 0 Å². The zero-order chi connectivity index (χ0) is 13.8. The Hall–Kier alpha value is -0.810. The van der Waals surface area contributed by atoms with E-state index in [2.05, 4.69) is 5.32 Å². The Kier molecular flexibility index (Phi) is 7.37. The molecule has 6 heteroatoms. The number of halogens is 2. The van der Waals surface area contributed by atoms with Crippen LogP contribution in [-0.2, 0) is 15.1 Å². The average Bonchev–Trinajstić information content (AvgIpc) is 2.28. The second kappa shape index (κ2) is 7.70. The third-order valence-electron chi connectivity index (χ3n) is 2.67. The van der Waals surface area contributed by atoms with Crippen LogP contribution in [0.25, 0.3) is 0 Å². The van der Waals surface area contributed by atoms with Gasteiger partial charge in [-0.2, -0.15) is 0 Å². The maximum atomic E-state index is 11.9. The van der Waals surface area contributed by atoms with Crippen LogP contribution in [0.4, 0.5) is 0 Å². The minimum absolute atomic E-state index is 0. The number of nitrogens with one attached hydrogen (secondary N) is 1. The Balaban J connectivity index is 0.00000324. The van der Waals surface area contributed by atoms with Gasteiger partial charge in [0.15, 0.2) is 0 Å². The SMILES string of the molecule is COCC(N)C(=O)NC(C)(C)c1cccc(Cl)c1.Cl. The normalized spacial score (nSPS) is 12.5. The molecule has 1 aromatic rings. The van der Waals surface area contributed by atoms with E-state index in [4.69, 9.17) is 22.1 Å². The van der Waals surface area contributed by atoms with Gasteiger partial charge in [0.05, 0.1) is 12.1 Å². The van der Waals surface area contributed by atoms with E-state index in [-0.39, 0.29) is 24.9 Å². The molecule has 1 amide bonds. The van der Waals surface area contributed by atoms with Crippen molar-refractivity contribution in [3.05, 3.63) is 34.9 Å². The first-order valence-electron chi connectivity index (χ1n) is 5.69. The molecular weight excluding hydrogens is 287 g/mol. The molecule has 1 rings (SSSR count). The van der Waals surface area contributed by atoms with E-state index in [0.29, 0.717) is 5.02 Å². The first kappa shape index (κ1) is 18.2. The maximum absolute atomic E-state index is 11.9. The molecule has 19 heavy (non-hydrogen) atoms. The third kappa shape index (κ3) is 5.37. The molecule has 1 aromatic carbocycles. The number of carbonyl (C=O) groups is 1. The minimum Gasteiger partial charge on any atom is -0.383 e. The van der Waals surface area contributed by atoms with Crippen molar-refractivity contribution >= 4 is 29.9 Å². The molecule has 0 bridgehead atoms. The molecule has 0 aliphatic carbocycles. The molecule has 0 aromatic heterocycles. The predicted octanol–water partition coefficient (Wildman–Crippen LogP) is 2.09. The fraction of sp³-hybridized carbons (Fsp3) is 0.462. The number of amides is 1. The van der Waals surface area contributed by atoms with Crippen LogP contribution in [0.1, 0.15) is 19.4 Å². The summed E-state index contributed by atoms with van der Waals surface area (Å²) in [5.41, 5.74) is 6.07. The fourth-order valence-corrected chi connectivity index (χ4v) is 1.80. The van der Waals surface area contributed by atoms with Crippen LogP contribution < -0.4 is 11.1 Å². The number of hydrogen-bond acceptors (Lipinski definition) is 3. The number of benzene rings is 1. The van der Waals surface area contributed by atoms with Gasteiger partial charge in [-0.15, -0.1) is 12.4 Å². The first-order chi connectivity index (χ1) is 8.36. The second-order valence-electron chi connectivity index (χ2n) is 4.69. The lowest BCUT2D eigenvalue weighted by Crippen LogP contribution is -2.50. The summed E-state index contributed by atoms with van der Waals surface area (Å²) in [6.07, 6.45) is 0. The molecule has 0 aliphatic rings. The van der Waals surface area contributed by atoms with Crippen molar-refractivity contribution in [1.82, 2.24) is 5.32 Å². The van der Waals surface area contributed by atoms with E-state index in [1.165, 1.54) is 7.11 Å². The second-order valence-corrected chi connectivity index (χ2v) is 5.12. The van der Waals surface area contributed by atoms with Crippen molar-refractivity contribution in [2.45, 2.75) is 25.4 Å². The highest BCUT2D eigenvalue weighted by atomic mass is 35.5. The Morgan fingerprint density at radius 1 is 1.53 bits per heavy atom. The highest BCUT2D eigenvalue weighted by molar-refractivity contribution is 6.30. The molecule has 0 aliphatic heterocycles. The minimum atomic E-state index is -0.673. The molecule has 108 valence electrons. The summed E-state index contributed by atoms with van der Waals surface area (Å²) in [6.45, 7) is 3.99. The molecular formula is C13H20Cl2N2O2. The van der Waals surface area contributed by atoms with Gasteiger partial charge in [0.25, 0.3) is 0 Å². The van der Waals surface area contributed by atoms with Crippen LogP contribution in [0.3, 0.4) is 0 Å². The topological polar surface area (TPSA) is 64.3 Å². The monoisotopic (exact) mass is 306 g/mol. The molecule has 0 saturated heterocycles. The van der Waals surface area contributed by atoms with Crippen molar-refractivity contribution in [1.29, 1.82) is 0 Å². The molecule has 0 fully saturated rings. The van der Waals surface area contributed by atoms with Crippen LogP contribution in [-0.4, -0.2) is 25.7 Å². The summed E-state index contributed by atoms with van der Waals surface area (Å²) < 4.78 is 4.86. The number of hydrogen-bond donors (Lipinski definition) is 2. The maximum Gasteiger partial charge on any atom is 0.239 e. The Morgan fingerprint density at radius 2 is 2.16 bits per heavy atom. The van der Waals surface area contributed by atoms with E-state index in [0.717, 1.165) is 5.56 Å². The van der Waals surface area contributed by atoms with Gasteiger partial charge in [-0.1, -0.05) is 23.7 Å². The van der Waals surface area contributed by atoms with Crippen molar-refractivity contribution in [2.75, 3.05) is 13.7 Å². The number of nitrogens with two attached hydrogens (primary N) is 1. The third-order valence-corrected chi connectivity index (χ3v) is 2.90. The van der Waals surface area contributed by atoms with E-state index in [1.54, 1.807) is 6.07 Å².